The van der Waals surface area contributed by atoms with Gasteiger partial charge in [-0.1, -0.05) is 18.2 Å². The van der Waals surface area contributed by atoms with Crippen molar-refractivity contribution in [3.63, 3.8) is 0 Å². The standard InChI is InChI=1S/C22H22F2N6O3S/c23-16-2-1-3-17(24)18(16)19-15-10-12(11-31)4-5-14(15)20-21(27-19)22(29-28-20)26-13-6-8-30(9-7-13)34(25,32)33/h1-5,10,13,31H,6-9,11H2,(H2,25,32,33)(H2,26,28,29). The van der Waals surface area contributed by atoms with E-state index in [9.17, 15) is 22.3 Å². The molecule has 4 aromatic rings. The summed E-state index contributed by atoms with van der Waals surface area (Å²) in [5.41, 5.74) is 1.38. The van der Waals surface area contributed by atoms with E-state index in [1.54, 1.807) is 18.2 Å². The molecule has 0 atom stereocenters. The van der Waals surface area contributed by atoms with Crippen LogP contribution in [-0.2, 0) is 16.8 Å². The van der Waals surface area contributed by atoms with Crippen molar-refractivity contribution in [1.82, 2.24) is 19.5 Å². The Balaban J connectivity index is 1.61. The number of halogens is 2. The van der Waals surface area contributed by atoms with E-state index in [2.05, 4.69) is 20.5 Å². The molecule has 0 amide bonds. The lowest BCUT2D eigenvalue weighted by atomic mass is 9.99. The number of hydrogen-bond donors (Lipinski definition) is 4. The molecule has 34 heavy (non-hydrogen) atoms. The molecule has 0 bridgehead atoms. The van der Waals surface area contributed by atoms with Crippen molar-refractivity contribution in [3.8, 4) is 11.3 Å². The van der Waals surface area contributed by atoms with Gasteiger partial charge in [0.2, 0.25) is 0 Å². The van der Waals surface area contributed by atoms with Crippen molar-refractivity contribution in [2.24, 2.45) is 5.14 Å². The average Bonchev–Trinajstić information content (AvgIpc) is 3.21. The van der Waals surface area contributed by atoms with Crippen molar-refractivity contribution < 1.29 is 22.3 Å². The Morgan fingerprint density at radius 1 is 1.15 bits per heavy atom. The number of nitrogens with zero attached hydrogens (tertiary/aromatic N) is 3. The molecule has 2 aromatic carbocycles. The summed E-state index contributed by atoms with van der Waals surface area (Å²) in [5, 5.41) is 26.5. The highest BCUT2D eigenvalue weighted by Gasteiger charge is 2.27. The van der Waals surface area contributed by atoms with Crippen molar-refractivity contribution in [3.05, 3.63) is 53.6 Å². The van der Waals surface area contributed by atoms with Crippen molar-refractivity contribution >= 4 is 37.8 Å². The molecule has 1 fully saturated rings. The molecule has 2 aromatic heterocycles. The lowest BCUT2D eigenvalue weighted by Gasteiger charge is -2.30. The Morgan fingerprint density at radius 3 is 2.50 bits per heavy atom. The van der Waals surface area contributed by atoms with E-state index in [1.807, 2.05) is 0 Å². The molecule has 178 valence electrons. The molecule has 0 saturated carbocycles. The lowest BCUT2D eigenvalue weighted by Crippen LogP contribution is -2.45. The molecule has 1 aliphatic rings. The number of rotatable bonds is 5. The maximum atomic E-state index is 14.7. The van der Waals surface area contributed by atoms with E-state index in [-0.39, 0.29) is 37.0 Å². The molecule has 9 nitrogen and oxygen atoms in total. The molecule has 0 unspecified atom stereocenters. The highest BCUT2D eigenvalue weighted by atomic mass is 32.2. The van der Waals surface area contributed by atoms with E-state index in [1.165, 1.54) is 22.5 Å². The maximum Gasteiger partial charge on any atom is 0.276 e. The number of fused-ring (bicyclic) bond motifs is 3. The van der Waals surface area contributed by atoms with Crippen LogP contribution in [0.4, 0.5) is 14.6 Å². The molecule has 1 saturated heterocycles. The number of H-pyrrole nitrogens is 1. The smallest absolute Gasteiger partial charge is 0.276 e. The van der Waals surface area contributed by atoms with Crippen LogP contribution in [0.2, 0.25) is 0 Å². The van der Waals surface area contributed by atoms with Gasteiger partial charge in [-0.25, -0.2) is 18.9 Å². The summed E-state index contributed by atoms with van der Waals surface area (Å²) in [5.74, 6) is -1.11. The minimum Gasteiger partial charge on any atom is -0.392 e. The minimum atomic E-state index is -3.74. The Bertz CT molecular complexity index is 1480. The molecule has 0 aliphatic carbocycles. The summed E-state index contributed by atoms with van der Waals surface area (Å²) < 4.78 is 53.8. The zero-order valence-corrected chi connectivity index (χ0v) is 18.7. The van der Waals surface area contributed by atoms with E-state index in [4.69, 9.17) is 5.14 Å². The Hall–Kier alpha value is -3.19. The number of pyridine rings is 1. The third kappa shape index (κ3) is 3.98. The Labute approximate surface area is 193 Å². The van der Waals surface area contributed by atoms with Crippen LogP contribution in [0.3, 0.4) is 0 Å². The molecule has 1 aliphatic heterocycles. The van der Waals surface area contributed by atoms with Gasteiger partial charge in [0, 0.05) is 29.9 Å². The quantitative estimate of drug-likeness (QED) is 0.341. The second-order valence-corrected chi connectivity index (χ2v) is 9.80. The van der Waals surface area contributed by atoms with Crippen LogP contribution in [0.5, 0.6) is 0 Å². The van der Waals surface area contributed by atoms with Gasteiger partial charge in [-0.05, 0) is 36.6 Å². The van der Waals surface area contributed by atoms with Crippen molar-refractivity contribution in [2.75, 3.05) is 18.4 Å². The van der Waals surface area contributed by atoms with Crippen LogP contribution in [0.25, 0.3) is 33.1 Å². The second-order valence-electron chi connectivity index (χ2n) is 8.25. The third-order valence-corrected chi connectivity index (χ3v) is 7.19. The zero-order chi connectivity index (χ0) is 24.0. The fourth-order valence-electron chi connectivity index (χ4n) is 4.37. The van der Waals surface area contributed by atoms with Crippen LogP contribution < -0.4 is 10.5 Å². The molecule has 5 rings (SSSR count). The second kappa shape index (κ2) is 8.55. The van der Waals surface area contributed by atoms with Gasteiger partial charge in [-0.3, -0.25) is 5.10 Å². The fraction of sp³-hybridized carbons (Fsp3) is 0.273. The van der Waals surface area contributed by atoms with E-state index >= 15 is 0 Å². The summed E-state index contributed by atoms with van der Waals surface area (Å²) in [6, 6.07) is 8.65. The fourth-order valence-corrected chi connectivity index (χ4v) is 5.09. The number of benzene rings is 2. The average molecular weight is 489 g/mol. The number of anilines is 1. The number of piperidine rings is 1. The van der Waals surface area contributed by atoms with Crippen LogP contribution in [0.15, 0.2) is 36.4 Å². The number of nitrogens with two attached hydrogens (primary N) is 1. The van der Waals surface area contributed by atoms with Gasteiger partial charge >= 0.3 is 0 Å². The number of aliphatic hydroxyl groups is 1. The van der Waals surface area contributed by atoms with Crippen LogP contribution in [-0.4, -0.2) is 52.1 Å². The highest BCUT2D eigenvalue weighted by molar-refractivity contribution is 7.86. The predicted octanol–water partition coefficient (Wildman–Crippen LogP) is 2.63. The van der Waals surface area contributed by atoms with E-state index in [0.29, 0.717) is 46.0 Å². The minimum absolute atomic E-state index is 0.0904. The van der Waals surface area contributed by atoms with Gasteiger partial charge in [-0.2, -0.15) is 17.8 Å². The number of aromatic amines is 1. The number of hydrogen-bond acceptors (Lipinski definition) is 6. The third-order valence-electron chi connectivity index (χ3n) is 6.11. The summed E-state index contributed by atoms with van der Waals surface area (Å²) in [4.78, 5) is 4.61. The van der Waals surface area contributed by atoms with Gasteiger partial charge in [0.05, 0.1) is 23.4 Å². The number of aliphatic hydroxyl groups excluding tert-OH is 1. The summed E-state index contributed by atoms with van der Waals surface area (Å²) in [7, 11) is -3.74. The monoisotopic (exact) mass is 488 g/mol. The van der Waals surface area contributed by atoms with Gasteiger partial charge in [0.15, 0.2) is 5.82 Å². The van der Waals surface area contributed by atoms with Crippen LogP contribution in [0.1, 0.15) is 18.4 Å². The topological polar surface area (TPSA) is 137 Å². The normalized spacial score (nSPS) is 15.9. The van der Waals surface area contributed by atoms with Gasteiger partial charge < -0.3 is 10.4 Å². The predicted molar refractivity (Wildman–Crippen MR) is 124 cm³/mol. The van der Waals surface area contributed by atoms with Crippen molar-refractivity contribution in [2.45, 2.75) is 25.5 Å². The molecule has 0 radical (unpaired) electrons. The first-order valence-electron chi connectivity index (χ1n) is 10.7. The van der Waals surface area contributed by atoms with E-state index < -0.39 is 21.8 Å². The molecule has 12 heteroatoms. The van der Waals surface area contributed by atoms with E-state index in [0.717, 1.165) is 0 Å². The zero-order valence-electron chi connectivity index (χ0n) is 17.9. The summed E-state index contributed by atoms with van der Waals surface area (Å²) >= 11 is 0. The maximum absolute atomic E-state index is 14.7. The molecule has 0 spiro atoms. The molecular weight excluding hydrogens is 466 g/mol. The lowest BCUT2D eigenvalue weighted by molar-refractivity contribution is 0.282. The van der Waals surface area contributed by atoms with Gasteiger partial charge in [0.1, 0.15) is 17.2 Å². The Morgan fingerprint density at radius 2 is 1.85 bits per heavy atom. The summed E-state index contributed by atoms with van der Waals surface area (Å²) in [6.07, 6.45) is 1.01. The molecular formula is C22H22F2N6O3S. The first-order chi connectivity index (χ1) is 16.3. The number of aromatic nitrogens is 3. The molecule has 5 N–H and O–H groups in total. The van der Waals surface area contributed by atoms with Crippen molar-refractivity contribution in [1.29, 1.82) is 0 Å². The Kier molecular flexibility index (Phi) is 5.68. The summed E-state index contributed by atoms with van der Waals surface area (Å²) in [6.45, 7) is 0.301. The van der Waals surface area contributed by atoms with Crippen LogP contribution >= 0.6 is 0 Å². The number of nitrogens with one attached hydrogen (secondary N) is 2. The molecule has 3 heterocycles. The first-order valence-corrected chi connectivity index (χ1v) is 12.2. The highest BCUT2D eigenvalue weighted by Crippen LogP contribution is 2.37. The van der Waals surface area contributed by atoms with Gasteiger partial charge in [0.25, 0.3) is 10.2 Å². The van der Waals surface area contributed by atoms with Gasteiger partial charge in [-0.15, -0.1) is 0 Å². The van der Waals surface area contributed by atoms with Crippen LogP contribution in [0, 0.1) is 11.6 Å². The SMILES string of the molecule is NS(=O)(=O)N1CCC(Nc2n[nH]c3c2nc(-c2c(F)cccc2F)c2cc(CO)ccc23)CC1. The largest absolute Gasteiger partial charge is 0.392 e. The first kappa shape index (κ1) is 22.6.